The summed E-state index contributed by atoms with van der Waals surface area (Å²) in [6.07, 6.45) is 0.920. The average molecular weight is 350 g/mol. The van der Waals surface area contributed by atoms with Crippen molar-refractivity contribution in [2.24, 2.45) is 0 Å². The highest BCUT2D eigenvalue weighted by atomic mass is 79.9. The Balaban J connectivity index is 2.10. The Morgan fingerprint density at radius 3 is 2.95 bits per heavy atom. The van der Waals surface area contributed by atoms with E-state index >= 15 is 0 Å². The van der Waals surface area contributed by atoms with Crippen LogP contribution in [-0.2, 0) is 6.42 Å². The van der Waals surface area contributed by atoms with E-state index in [0.29, 0.717) is 6.61 Å². The molecule has 0 spiro atoms. The molecule has 2 aromatic rings. The molecule has 0 saturated carbocycles. The second-order valence-electron chi connectivity index (χ2n) is 5.13. The Morgan fingerprint density at radius 1 is 1.33 bits per heavy atom. The molecule has 0 aromatic heterocycles. The van der Waals surface area contributed by atoms with Crippen LogP contribution in [-0.4, -0.2) is 13.2 Å². The third-order valence-corrected chi connectivity index (χ3v) is 4.14. The highest BCUT2D eigenvalue weighted by Gasteiger charge is 2.24. The van der Waals surface area contributed by atoms with E-state index in [0.717, 1.165) is 34.3 Å². The van der Waals surface area contributed by atoms with Crippen molar-refractivity contribution >= 4 is 15.9 Å². The van der Waals surface area contributed by atoms with Crippen LogP contribution in [0.1, 0.15) is 29.7 Å². The van der Waals surface area contributed by atoms with E-state index in [1.165, 1.54) is 11.6 Å². The van der Waals surface area contributed by atoms with Gasteiger partial charge in [-0.1, -0.05) is 35.0 Å². The van der Waals surface area contributed by atoms with Crippen LogP contribution in [0.15, 0.2) is 40.9 Å². The minimum absolute atomic E-state index is 0.0740. The maximum Gasteiger partial charge on any atom is 0.127 e. The summed E-state index contributed by atoms with van der Waals surface area (Å²) < 4.78 is 20.4. The van der Waals surface area contributed by atoms with Gasteiger partial charge in [0.2, 0.25) is 0 Å². The maximum absolute atomic E-state index is 13.6. The summed E-state index contributed by atoms with van der Waals surface area (Å²) in [4.78, 5) is 0. The molecule has 0 aliphatic carbocycles. The monoisotopic (exact) mass is 349 g/mol. The topological polar surface area (TPSA) is 21.3 Å². The van der Waals surface area contributed by atoms with Crippen molar-refractivity contribution in [3.63, 3.8) is 0 Å². The van der Waals surface area contributed by atoms with Crippen LogP contribution in [0.5, 0.6) is 5.75 Å². The first-order chi connectivity index (χ1) is 10.2. The largest absolute Gasteiger partial charge is 0.493 e. The van der Waals surface area contributed by atoms with E-state index in [9.17, 15) is 4.39 Å². The number of hydrogen-bond donors (Lipinski definition) is 1. The van der Waals surface area contributed by atoms with Crippen LogP contribution in [0.3, 0.4) is 0 Å². The molecule has 1 unspecified atom stereocenters. The number of nitrogens with one attached hydrogen (secondary N) is 1. The molecule has 1 aliphatic heterocycles. The van der Waals surface area contributed by atoms with E-state index in [1.54, 1.807) is 12.1 Å². The van der Waals surface area contributed by atoms with Gasteiger partial charge in [0.25, 0.3) is 0 Å². The summed E-state index contributed by atoms with van der Waals surface area (Å²) in [5.74, 6) is 0.719. The summed E-state index contributed by atoms with van der Waals surface area (Å²) >= 11 is 3.56. The van der Waals surface area contributed by atoms with Crippen molar-refractivity contribution in [1.29, 1.82) is 0 Å². The van der Waals surface area contributed by atoms with Gasteiger partial charge in [-0.25, -0.2) is 4.39 Å². The van der Waals surface area contributed by atoms with Gasteiger partial charge < -0.3 is 10.1 Å². The second-order valence-corrected chi connectivity index (χ2v) is 6.04. The third kappa shape index (κ3) is 2.97. The molecule has 1 atom stereocenters. The predicted octanol–water partition coefficient (Wildman–Crippen LogP) is 4.22. The fraction of sp³-hybridized carbons (Fsp3) is 0.294. The van der Waals surface area contributed by atoms with Crippen molar-refractivity contribution in [1.82, 2.24) is 5.32 Å². The number of ether oxygens (including phenoxy) is 1. The predicted molar refractivity (Wildman–Crippen MR) is 85.3 cm³/mol. The summed E-state index contributed by atoms with van der Waals surface area (Å²) in [5.41, 5.74) is 3.18. The number of halogens is 2. The highest BCUT2D eigenvalue weighted by Crippen LogP contribution is 2.38. The molecule has 0 bridgehead atoms. The fourth-order valence-electron chi connectivity index (χ4n) is 2.81. The first-order valence-electron chi connectivity index (χ1n) is 7.13. The van der Waals surface area contributed by atoms with Gasteiger partial charge in [0, 0.05) is 16.5 Å². The van der Waals surface area contributed by atoms with Crippen LogP contribution >= 0.6 is 15.9 Å². The van der Waals surface area contributed by atoms with Gasteiger partial charge in [-0.15, -0.1) is 0 Å². The minimum atomic E-state index is -0.219. The quantitative estimate of drug-likeness (QED) is 0.891. The minimum Gasteiger partial charge on any atom is -0.493 e. The Morgan fingerprint density at radius 2 is 2.19 bits per heavy atom. The molecule has 2 aromatic carbocycles. The lowest BCUT2D eigenvalue weighted by molar-refractivity contribution is 0.350. The highest BCUT2D eigenvalue weighted by molar-refractivity contribution is 9.10. The Kier molecular flexibility index (Phi) is 4.27. The molecule has 110 valence electrons. The van der Waals surface area contributed by atoms with Crippen molar-refractivity contribution in [2.75, 3.05) is 13.2 Å². The molecule has 1 N–H and O–H groups in total. The summed E-state index contributed by atoms with van der Waals surface area (Å²) in [6, 6.07) is 10.8. The zero-order chi connectivity index (χ0) is 14.8. The van der Waals surface area contributed by atoms with E-state index in [-0.39, 0.29) is 11.9 Å². The van der Waals surface area contributed by atoms with Gasteiger partial charge in [-0.05, 0) is 41.9 Å². The lowest BCUT2D eigenvalue weighted by Gasteiger charge is -2.21. The van der Waals surface area contributed by atoms with E-state index in [4.69, 9.17) is 4.74 Å². The average Bonchev–Trinajstić information content (AvgIpc) is 2.92. The lowest BCUT2D eigenvalue weighted by atomic mass is 9.95. The molecule has 0 amide bonds. The molecule has 2 nitrogen and oxygen atoms in total. The number of benzene rings is 2. The molecular formula is C17H17BrFNO. The summed E-state index contributed by atoms with van der Waals surface area (Å²) in [7, 11) is 0. The zero-order valence-corrected chi connectivity index (χ0v) is 13.4. The number of hydrogen-bond acceptors (Lipinski definition) is 2. The molecule has 21 heavy (non-hydrogen) atoms. The van der Waals surface area contributed by atoms with Crippen molar-refractivity contribution in [3.05, 3.63) is 63.4 Å². The normalized spacial score (nSPS) is 14.6. The molecular weight excluding hydrogens is 333 g/mol. The molecule has 0 saturated heterocycles. The molecule has 0 radical (unpaired) electrons. The first kappa shape index (κ1) is 14.5. The summed E-state index contributed by atoms with van der Waals surface area (Å²) in [6.45, 7) is 3.55. The zero-order valence-electron chi connectivity index (χ0n) is 11.8. The van der Waals surface area contributed by atoms with Gasteiger partial charge in [-0.3, -0.25) is 0 Å². The van der Waals surface area contributed by atoms with Gasteiger partial charge in [0.15, 0.2) is 0 Å². The Bertz CT molecular complexity index is 659. The van der Waals surface area contributed by atoms with Crippen LogP contribution in [0.25, 0.3) is 0 Å². The molecule has 1 heterocycles. The number of rotatable bonds is 4. The van der Waals surface area contributed by atoms with Gasteiger partial charge in [0.05, 0.1) is 12.6 Å². The van der Waals surface area contributed by atoms with Crippen molar-refractivity contribution in [3.8, 4) is 5.75 Å². The van der Waals surface area contributed by atoms with E-state index in [2.05, 4.69) is 33.4 Å². The fourth-order valence-corrected chi connectivity index (χ4v) is 3.33. The van der Waals surface area contributed by atoms with Crippen LogP contribution < -0.4 is 10.1 Å². The van der Waals surface area contributed by atoms with Crippen LogP contribution in [0.2, 0.25) is 0 Å². The van der Waals surface area contributed by atoms with Crippen LogP contribution in [0.4, 0.5) is 4.39 Å². The van der Waals surface area contributed by atoms with E-state index in [1.807, 2.05) is 13.0 Å². The second kappa shape index (κ2) is 6.16. The standard InChI is InChI=1S/C17H17BrFNO/c1-2-20-16(11-4-3-5-14(19)9-11)15-10-13(18)8-12-6-7-21-17(12)15/h3-5,8-10,16,20H,2,6-7H2,1H3. The van der Waals surface area contributed by atoms with Crippen molar-refractivity contribution in [2.45, 2.75) is 19.4 Å². The lowest BCUT2D eigenvalue weighted by Crippen LogP contribution is -2.22. The van der Waals surface area contributed by atoms with Crippen molar-refractivity contribution < 1.29 is 9.13 Å². The van der Waals surface area contributed by atoms with Crippen LogP contribution in [0, 0.1) is 5.82 Å². The Hall–Kier alpha value is -1.39. The molecule has 3 rings (SSSR count). The first-order valence-corrected chi connectivity index (χ1v) is 7.92. The Labute approximate surface area is 132 Å². The molecule has 1 aliphatic rings. The maximum atomic E-state index is 13.6. The van der Waals surface area contributed by atoms with E-state index < -0.39 is 0 Å². The number of fused-ring (bicyclic) bond motifs is 1. The summed E-state index contributed by atoms with van der Waals surface area (Å²) in [5, 5.41) is 3.43. The third-order valence-electron chi connectivity index (χ3n) is 3.68. The van der Waals surface area contributed by atoms with Gasteiger partial charge >= 0.3 is 0 Å². The van der Waals surface area contributed by atoms with Gasteiger partial charge in [0.1, 0.15) is 11.6 Å². The SMILES string of the molecule is CCNC(c1cccc(F)c1)c1cc(Br)cc2c1OCC2. The smallest absolute Gasteiger partial charge is 0.127 e. The molecule has 4 heteroatoms. The van der Waals surface area contributed by atoms with Gasteiger partial charge in [-0.2, -0.15) is 0 Å². The molecule has 0 fully saturated rings.